The molecule has 0 bridgehead atoms. The van der Waals surface area contributed by atoms with Gasteiger partial charge in [-0.1, -0.05) is 36.9 Å². The zero-order chi connectivity index (χ0) is 14.4. The van der Waals surface area contributed by atoms with Crippen LogP contribution in [0.1, 0.15) is 12.5 Å². The van der Waals surface area contributed by atoms with E-state index in [0.717, 1.165) is 30.2 Å². The van der Waals surface area contributed by atoms with Gasteiger partial charge in [-0.15, -0.1) is 0 Å². The minimum absolute atomic E-state index is 0.525. The van der Waals surface area contributed by atoms with Gasteiger partial charge in [0.1, 0.15) is 5.76 Å². The van der Waals surface area contributed by atoms with Crippen LogP contribution in [-0.2, 0) is 10.3 Å². The second-order valence-electron chi connectivity index (χ2n) is 4.64. The fraction of sp³-hybridized carbons (Fsp3) is 0.438. The standard InChI is InChI=1S/C16H20N2OS/c1-3-19-14(2)16(13-17,15-7-5-4-6-8-15)18-9-11-20-12-10-18/h4-8H,2-3,9-12H2,1H3. The number of benzene rings is 1. The van der Waals surface area contributed by atoms with Crippen molar-refractivity contribution >= 4 is 11.8 Å². The molecule has 1 heterocycles. The Morgan fingerprint density at radius 3 is 2.60 bits per heavy atom. The lowest BCUT2D eigenvalue weighted by Gasteiger charge is -2.41. The highest BCUT2D eigenvalue weighted by molar-refractivity contribution is 7.99. The van der Waals surface area contributed by atoms with Gasteiger partial charge in [0.05, 0.1) is 12.7 Å². The van der Waals surface area contributed by atoms with Crippen molar-refractivity contribution in [3.8, 4) is 6.07 Å². The van der Waals surface area contributed by atoms with Crippen molar-refractivity contribution in [1.82, 2.24) is 4.90 Å². The summed E-state index contributed by atoms with van der Waals surface area (Å²) < 4.78 is 5.64. The first-order chi connectivity index (χ1) is 9.75. The van der Waals surface area contributed by atoms with Crippen LogP contribution in [0.15, 0.2) is 42.7 Å². The highest BCUT2D eigenvalue weighted by Crippen LogP contribution is 2.36. The van der Waals surface area contributed by atoms with Gasteiger partial charge >= 0.3 is 0 Å². The second kappa shape index (κ2) is 6.83. The summed E-state index contributed by atoms with van der Waals surface area (Å²) in [6.45, 7) is 8.24. The average molecular weight is 288 g/mol. The predicted octanol–water partition coefficient (Wildman–Crippen LogP) is 3.00. The van der Waals surface area contributed by atoms with Crippen molar-refractivity contribution in [2.45, 2.75) is 12.5 Å². The van der Waals surface area contributed by atoms with Crippen molar-refractivity contribution in [2.75, 3.05) is 31.2 Å². The van der Waals surface area contributed by atoms with Gasteiger partial charge in [-0.2, -0.15) is 17.0 Å². The van der Waals surface area contributed by atoms with Gasteiger partial charge in [-0.25, -0.2) is 0 Å². The van der Waals surface area contributed by atoms with E-state index < -0.39 is 5.54 Å². The second-order valence-corrected chi connectivity index (χ2v) is 5.87. The van der Waals surface area contributed by atoms with Crippen LogP contribution in [0.25, 0.3) is 0 Å². The maximum atomic E-state index is 9.94. The molecule has 1 aliphatic heterocycles. The molecule has 3 nitrogen and oxygen atoms in total. The van der Waals surface area contributed by atoms with Crippen LogP contribution in [0.5, 0.6) is 0 Å². The van der Waals surface area contributed by atoms with Crippen LogP contribution in [0.2, 0.25) is 0 Å². The Morgan fingerprint density at radius 2 is 2.05 bits per heavy atom. The molecule has 0 N–H and O–H groups in total. The minimum Gasteiger partial charge on any atom is -0.495 e. The summed E-state index contributed by atoms with van der Waals surface area (Å²) in [4.78, 5) is 2.19. The number of nitrogens with zero attached hydrogens (tertiary/aromatic N) is 2. The Morgan fingerprint density at radius 1 is 1.40 bits per heavy atom. The lowest BCUT2D eigenvalue weighted by Crippen LogP contribution is -2.50. The van der Waals surface area contributed by atoms with Crippen LogP contribution < -0.4 is 0 Å². The van der Waals surface area contributed by atoms with Crippen molar-refractivity contribution in [2.24, 2.45) is 0 Å². The molecule has 1 unspecified atom stereocenters. The Labute approximate surface area is 125 Å². The number of hydrogen-bond donors (Lipinski definition) is 0. The van der Waals surface area contributed by atoms with Crippen molar-refractivity contribution in [3.05, 3.63) is 48.2 Å². The van der Waals surface area contributed by atoms with E-state index >= 15 is 0 Å². The van der Waals surface area contributed by atoms with E-state index in [1.54, 1.807) is 0 Å². The molecule has 1 aromatic rings. The maximum Gasteiger partial charge on any atom is 0.191 e. The minimum atomic E-state index is -0.877. The van der Waals surface area contributed by atoms with E-state index in [0.29, 0.717) is 12.4 Å². The topological polar surface area (TPSA) is 36.3 Å². The summed E-state index contributed by atoms with van der Waals surface area (Å²) in [6, 6.07) is 12.3. The first-order valence-corrected chi connectivity index (χ1v) is 8.03. The first kappa shape index (κ1) is 15.0. The summed E-state index contributed by atoms with van der Waals surface area (Å²) in [5, 5.41) is 9.94. The largest absolute Gasteiger partial charge is 0.495 e. The molecule has 1 atom stereocenters. The van der Waals surface area contributed by atoms with E-state index in [1.165, 1.54) is 0 Å². The van der Waals surface area contributed by atoms with Crippen LogP contribution >= 0.6 is 11.8 Å². The van der Waals surface area contributed by atoms with Crippen molar-refractivity contribution < 1.29 is 4.74 Å². The average Bonchev–Trinajstić information content (AvgIpc) is 2.51. The third-order valence-corrected chi connectivity index (χ3v) is 4.50. The quantitative estimate of drug-likeness (QED) is 0.780. The summed E-state index contributed by atoms with van der Waals surface area (Å²) in [5.41, 5.74) is 0.0611. The number of nitriles is 1. The van der Waals surface area contributed by atoms with E-state index in [1.807, 2.05) is 49.0 Å². The normalized spacial score (nSPS) is 18.8. The SMILES string of the molecule is C=C(OCC)C(C#N)(c1ccccc1)N1CCSCC1. The summed E-state index contributed by atoms with van der Waals surface area (Å²) >= 11 is 1.92. The van der Waals surface area contributed by atoms with Gasteiger partial charge in [-0.05, 0) is 12.5 Å². The van der Waals surface area contributed by atoms with Gasteiger partial charge in [0.2, 0.25) is 0 Å². The van der Waals surface area contributed by atoms with E-state index in [4.69, 9.17) is 4.74 Å². The number of thioether (sulfide) groups is 1. The molecule has 0 saturated carbocycles. The van der Waals surface area contributed by atoms with Gasteiger partial charge in [0.25, 0.3) is 0 Å². The van der Waals surface area contributed by atoms with E-state index in [9.17, 15) is 5.26 Å². The summed E-state index contributed by atoms with van der Waals surface area (Å²) in [5.74, 6) is 2.60. The summed E-state index contributed by atoms with van der Waals surface area (Å²) in [7, 11) is 0. The lowest BCUT2D eigenvalue weighted by molar-refractivity contribution is 0.0950. The van der Waals surface area contributed by atoms with Gasteiger partial charge in [-0.3, -0.25) is 4.90 Å². The molecule has 0 aromatic heterocycles. The number of ether oxygens (including phenoxy) is 1. The molecule has 20 heavy (non-hydrogen) atoms. The highest BCUT2D eigenvalue weighted by atomic mass is 32.2. The van der Waals surface area contributed by atoms with E-state index in [2.05, 4.69) is 17.5 Å². The molecule has 1 saturated heterocycles. The van der Waals surface area contributed by atoms with Gasteiger partial charge in [0, 0.05) is 24.6 Å². The molecule has 106 valence electrons. The third kappa shape index (κ3) is 2.70. The molecule has 0 aliphatic carbocycles. The molecule has 0 radical (unpaired) electrons. The summed E-state index contributed by atoms with van der Waals surface area (Å²) in [6.07, 6.45) is 0. The first-order valence-electron chi connectivity index (χ1n) is 6.87. The Balaban J connectivity index is 2.46. The highest BCUT2D eigenvalue weighted by Gasteiger charge is 2.43. The van der Waals surface area contributed by atoms with Crippen LogP contribution in [0.4, 0.5) is 0 Å². The maximum absolute atomic E-state index is 9.94. The molecule has 1 aliphatic rings. The Hall–Kier alpha value is -1.44. The zero-order valence-corrected chi connectivity index (χ0v) is 12.7. The van der Waals surface area contributed by atoms with Crippen LogP contribution in [-0.4, -0.2) is 36.1 Å². The van der Waals surface area contributed by atoms with E-state index in [-0.39, 0.29) is 0 Å². The third-order valence-electron chi connectivity index (χ3n) is 3.56. The van der Waals surface area contributed by atoms with Crippen molar-refractivity contribution in [3.63, 3.8) is 0 Å². The molecule has 0 spiro atoms. The molecular weight excluding hydrogens is 268 g/mol. The molecule has 4 heteroatoms. The Bertz CT molecular complexity index is 491. The van der Waals surface area contributed by atoms with Crippen LogP contribution in [0, 0.1) is 11.3 Å². The van der Waals surface area contributed by atoms with Crippen molar-refractivity contribution in [1.29, 1.82) is 5.26 Å². The smallest absolute Gasteiger partial charge is 0.191 e. The molecule has 0 amide bonds. The van der Waals surface area contributed by atoms with Crippen LogP contribution in [0.3, 0.4) is 0 Å². The van der Waals surface area contributed by atoms with Gasteiger partial charge < -0.3 is 4.74 Å². The monoisotopic (exact) mass is 288 g/mol. The molecule has 2 rings (SSSR count). The molecular formula is C16H20N2OS. The number of hydrogen-bond acceptors (Lipinski definition) is 4. The Kier molecular flexibility index (Phi) is 5.11. The molecule has 1 aromatic carbocycles. The zero-order valence-electron chi connectivity index (χ0n) is 11.8. The van der Waals surface area contributed by atoms with Gasteiger partial charge in [0.15, 0.2) is 5.54 Å². The fourth-order valence-electron chi connectivity index (χ4n) is 2.57. The molecule has 1 fully saturated rings. The number of rotatable bonds is 5. The predicted molar refractivity (Wildman–Crippen MR) is 83.4 cm³/mol. The lowest BCUT2D eigenvalue weighted by atomic mass is 9.87. The fourth-order valence-corrected chi connectivity index (χ4v) is 3.48.